The number of thioether (sulfide) groups is 8. The lowest BCUT2D eigenvalue weighted by Gasteiger charge is -2.31. The molecule has 0 aliphatic rings. The maximum absolute atomic E-state index is 13.7. The van der Waals surface area contributed by atoms with Crippen LogP contribution in [0.1, 0.15) is 389 Å². The molecule has 0 fully saturated rings. The van der Waals surface area contributed by atoms with E-state index in [2.05, 4.69) is 52.0 Å². The Kier molecular flexibility index (Phi) is 97.6. The second-order valence-corrected chi connectivity index (χ2v) is 61.5. The maximum Gasteiger partial charge on any atom is 0.306 e. The standard InChI is InChI=1S/C101H168N4O16S20/c1-9-13-17-21-25-29-33-37-41-45-65-126-93(122)138-97(5,77-102)57-49-85(106)114-61-73-134-130-69-53-89(110)118-81-101(82-119-90(111)54-70-131-135-74-62-115-86(107)50-58-98(6,78-103)139-94(123)127-66-46-42-38-34-30-26-22-18-14-10-2,83-120-91(112)55-71-132-136-75-63-116-87(108)51-59-99(7,79-104)140-95(124)128-67-47-43-39-35-31-27-23-19-15-11-3)84-121-92(113)56-72-133-137-76-64-117-88(109)52-60-100(8,80-105)141-96(125)129-68-48-44-40-36-32-28-24-20-16-12-4/h9-76,81-84H2,1-8H3/t97-,98-,99?,100?/m1/s1. The molecule has 141 heavy (non-hydrogen) atoms. The van der Waals surface area contributed by atoms with Gasteiger partial charge in [0.1, 0.15) is 91.4 Å². The van der Waals surface area contributed by atoms with E-state index in [0.717, 1.165) is 74.4 Å². The van der Waals surface area contributed by atoms with Gasteiger partial charge in [-0.1, -0.05) is 441 Å². The topological polar surface area (TPSA) is 306 Å². The number of rotatable bonds is 96. The number of ether oxygens (including phenoxy) is 8. The molecule has 0 radical (unpaired) electrons. The van der Waals surface area contributed by atoms with Crippen molar-refractivity contribution in [3.63, 3.8) is 0 Å². The van der Waals surface area contributed by atoms with Crippen LogP contribution in [0, 0.1) is 50.7 Å². The molecule has 0 spiro atoms. The minimum absolute atomic E-state index is 0.0409. The Morgan fingerprint density at radius 3 is 0.546 bits per heavy atom. The van der Waals surface area contributed by atoms with Crippen LogP contribution in [0.25, 0.3) is 0 Å². The SMILES string of the molecule is CCCCCCCCCCCCSC(=S)SC(C)(C#N)CCC(=O)OCCSSCCC(=O)OCC(COC(=O)CCSSCCOC(=O)CCC(C)(C#N)SC(=S)SCCCCCCCCCCCC)(COC(=O)CCSSCCOC(=O)CC[C@](C)(C#N)SC(=S)SCCCCCCCCCCCC)COC(=O)CCSSCCOC(=O)CC[C@](C)(C#N)SC(=S)SCCCCCCCCCCCC. The summed E-state index contributed by atoms with van der Waals surface area (Å²) >= 11 is 34.2. The average molecular weight is 2340 g/mol. The summed E-state index contributed by atoms with van der Waals surface area (Å²) in [4.78, 5) is 107. The zero-order valence-electron chi connectivity index (χ0n) is 85.9. The van der Waals surface area contributed by atoms with E-state index in [-0.39, 0.29) is 126 Å². The quantitative estimate of drug-likeness (QED) is 0.0180. The molecule has 0 saturated heterocycles. The summed E-state index contributed by atoms with van der Waals surface area (Å²) in [6, 6.07) is 9.38. The van der Waals surface area contributed by atoms with E-state index in [9.17, 15) is 59.4 Å². The Labute approximate surface area is 938 Å². The fourth-order valence-corrected chi connectivity index (χ4v) is 32.3. The first kappa shape index (κ1) is 141. The van der Waals surface area contributed by atoms with E-state index in [4.69, 9.17) is 86.8 Å². The second kappa shape index (κ2) is 97.9. The van der Waals surface area contributed by atoms with Crippen molar-refractivity contribution < 1.29 is 76.3 Å². The number of hydrogen-bond donors (Lipinski definition) is 0. The summed E-state index contributed by atoms with van der Waals surface area (Å²) in [6.45, 7) is 14.5. The molecule has 0 aliphatic heterocycles. The number of nitrogens with zero attached hydrogens (tertiary/aromatic N) is 4. The van der Waals surface area contributed by atoms with Crippen molar-refractivity contribution >= 4 is 291 Å². The van der Waals surface area contributed by atoms with Crippen LogP contribution in [0.3, 0.4) is 0 Å². The number of hydrogen-bond acceptors (Lipinski definition) is 40. The lowest BCUT2D eigenvalue weighted by Crippen LogP contribution is -2.44. The second-order valence-electron chi connectivity index (χ2n) is 35.5. The molecule has 2 unspecified atom stereocenters. The summed E-state index contributed by atoms with van der Waals surface area (Å²) in [6.07, 6.45) is 50.8. The molecule has 0 heterocycles. The van der Waals surface area contributed by atoms with Gasteiger partial charge in [0.05, 0.1) is 50.0 Å². The minimum atomic E-state index is -1.60. The van der Waals surface area contributed by atoms with Crippen LogP contribution in [0.15, 0.2) is 0 Å². The van der Waals surface area contributed by atoms with Gasteiger partial charge in [-0.15, -0.1) is 47.0 Å². The molecule has 0 N–H and O–H groups in total. The molecule has 0 aromatic carbocycles. The summed E-state index contributed by atoms with van der Waals surface area (Å²) in [5, 5.41) is 40.5. The highest BCUT2D eigenvalue weighted by Gasteiger charge is 2.39. The van der Waals surface area contributed by atoms with Crippen LogP contribution in [0.2, 0.25) is 0 Å². The number of carbonyl (C=O) groups excluding carboxylic acids is 8. The van der Waals surface area contributed by atoms with E-state index >= 15 is 0 Å². The maximum atomic E-state index is 13.7. The van der Waals surface area contributed by atoms with Gasteiger partial charge in [-0.05, 0) is 102 Å². The predicted molar refractivity (Wildman–Crippen MR) is 639 cm³/mol. The van der Waals surface area contributed by atoms with Crippen molar-refractivity contribution in [2.75, 3.05) is 122 Å². The third-order valence-electron chi connectivity index (χ3n) is 22.0. The van der Waals surface area contributed by atoms with Gasteiger partial charge in [0.15, 0.2) is 0 Å². The zero-order chi connectivity index (χ0) is 104. The van der Waals surface area contributed by atoms with E-state index in [0.29, 0.717) is 37.1 Å². The molecule has 0 aliphatic carbocycles. The molecule has 0 aromatic heterocycles. The highest BCUT2D eigenvalue weighted by Crippen LogP contribution is 2.41. The van der Waals surface area contributed by atoms with Gasteiger partial charge in [-0.25, -0.2) is 0 Å². The van der Waals surface area contributed by atoms with Crippen molar-refractivity contribution in [3.8, 4) is 24.3 Å². The van der Waals surface area contributed by atoms with Gasteiger partial charge in [-0.3, -0.25) is 38.4 Å². The third-order valence-corrected chi connectivity index (χ3v) is 42.9. The van der Waals surface area contributed by atoms with Gasteiger partial charge in [-0.2, -0.15) is 21.0 Å². The molecular formula is C101H168N4O16S20. The van der Waals surface area contributed by atoms with E-state index in [1.165, 1.54) is 339 Å². The third kappa shape index (κ3) is 89.8. The van der Waals surface area contributed by atoms with Crippen molar-refractivity contribution in [2.45, 2.75) is 408 Å². The van der Waals surface area contributed by atoms with Gasteiger partial charge < -0.3 is 37.9 Å². The molecule has 0 bridgehead atoms. The lowest BCUT2D eigenvalue weighted by atomic mass is 9.92. The molecule has 0 saturated carbocycles. The Morgan fingerprint density at radius 1 is 0.220 bits per heavy atom. The van der Waals surface area contributed by atoms with Gasteiger partial charge >= 0.3 is 47.8 Å². The molecule has 0 amide bonds. The molecule has 808 valence electrons. The number of unbranched alkanes of at least 4 members (excludes halogenated alkanes) is 36. The first-order valence-electron chi connectivity index (χ1n) is 51.4. The summed E-state index contributed by atoms with van der Waals surface area (Å²) < 4.78 is 44.9. The molecule has 40 heteroatoms. The minimum Gasteiger partial charge on any atom is -0.465 e. The summed E-state index contributed by atoms with van der Waals surface area (Å²) in [5.74, 6) is 2.02. The van der Waals surface area contributed by atoms with Gasteiger partial charge in [0, 0.05) is 71.7 Å². The first-order valence-corrected chi connectivity index (χ1v) is 70.1. The van der Waals surface area contributed by atoms with Gasteiger partial charge in [0.25, 0.3) is 0 Å². The Hall–Kier alpha value is -0.320. The molecule has 0 aromatic rings. The predicted octanol–water partition coefficient (Wildman–Crippen LogP) is 32.3. The fourth-order valence-electron chi connectivity index (χ4n) is 13.2. The average Bonchev–Trinajstić information content (AvgIpc) is 0.850. The van der Waals surface area contributed by atoms with Crippen molar-refractivity contribution in [3.05, 3.63) is 0 Å². The van der Waals surface area contributed by atoms with Crippen LogP contribution in [0.4, 0.5) is 0 Å². The summed E-state index contributed by atoms with van der Waals surface area (Å²) in [7, 11) is 11.0. The van der Waals surface area contributed by atoms with Crippen molar-refractivity contribution in [2.24, 2.45) is 5.41 Å². The Balaban J connectivity index is 6.21. The number of nitriles is 4. The van der Waals surface area contributed by atoms with Crippen molar-refractivity contribution in [1.29, 1.82) is 21.0 Å². The highest BCUT2D eigenvalue weighted by molar-refractivity contribution is 8.77. The molecular weight excluding hydrogens is 2170 g/mol. The van der Waals surface area contributed by atoms with Crippen LogP contribution < -0.4 is 0 Å². The fraction of sp³-hybridized carbons (Fsp3) is 0.842. The molecule has 0 rings (SSSR count). The normalized spacial score (nSPS) is 13.0. The van der Waals surface area contributed by atoms with Crippen LogP contribution in [0.5, 0.6) is 0 Å². The van der Waals surface area contributed by atoms with Crippen molar-refractivity contribution in [1.82, 2.24) is 0 Å². The van der Waals surface area contributed by atoms with E-state index < -0.39 is 98.6 Å². The van der Waals surface area contributed by atoms with E-state index in [1.54, 1.807) is 74.7 Å². The summed E-state index contributed by atoms with van der Waals surface area (Å²) in [5.41, 5.74) is -1.60. The van der Waals surface area contributed by atoms with Crippen LogP contribution >= 0.6 is 229 Å². The zero-order valence-corrected chi connectivity index (χ0v) is 102. The Bertz CT molecular complexity index is 3100. The number of carbonyl (C=O) groups is 8. The lowest BCUT2D eigenvalue weighted by molar-refractivity contribution is -0.170. The van der Waals surface area contributed by atoms with Gasteiger partial charge in [0.2, 0.25) is 0 Å². The largest absolute Gasteiger partial charge is 0.465 e. The molecule has 4 atom stereocenters. The smallest absolute Gasteiger partial charge is 0.306 e. The highest BCUT2D eigenvalue weighted by atomic mass is 33.1. The molecule has 20 nitrogen and oxygen atoms in total. The number of esters is 8. The number of thiocarbonyl (C=S) groups is 4. The monoisotopic (exact) mass is 2330 g/mol. The van der Waals surface area contributed by atoms with Crippen LogP contribution in [-0.2, 0) is 76.3 Å². The first-order chi connectivity index (χ1) is 68.0. The Morgan fingerprint density at radius 2 is 0.376 bits per heavy atom. The van der Waals surface area contributed by atoms with E-state index in [1.807, 2.05) is 0 Å². The van der Waals surface area contributed by atoms with Crippen LogP contribution in [-0.4, -0.2) is 203 Å².